The molecule has 0 saturated carbocycles. The predicted octanol–water partition coefficient (Wildman–Crippen LogP) is 4.21. The van der Waals surface area contributed by atoms with Gasteiger partial charge < -0.3 is 10.1 Å². The molecule has 1 amide bonds. The van der Waals surface area contributed by atoms with Crippen LogP contribution in [-0.4, -0.2) is 27.6 Å². The van der Waals surface area contributed by atoms with E-state index in [2.05, 4.69) is 15.4 Å². The minimum absolute atomic E-state index is 0.0116. The number of aromatic amines is 1. The third-order valence-corrected chi connectivity index (χ3v) is 5.12. The third-order valence-electron chi connectivity index (χ3n) is 5.12. The Morgan fingerprint density at radius 2 is 1.88 bits per heavy atom. The van der Waals surface area contributed by atoms with Gasteiger partial charge in [0.1, 0.15) is 11.4 Å². The number of hydrogen-bond acceptors (Lipinski definition) is 4. The summed E-state index contributed by atoms with van der Waals surface area (Å²) < 4.78 is 47.2. The second-order valence-electron chi connectivity index (χ2n) is 7.32. The van der Waals surface area contributed by atoms with Gasteiger partial charge in [-0.25, -0.2) is 9.50 Å². The van der Waals surface area contributed by atoms with Gasteiger partial charge in [0.15, 0.2) is 5.65 Å². The SMILES string of the molecule is COc1cccc(NC(=O)Cc2c(C)nc3c(-c4ccccc4)c(C(F)(F)F)[nH]n3c2=O)c1. The minimum Gasteiger partial charge on any atom is -0.497 e. The van der Waals surface area contributed by atoms with E-state index < -0.39 is 23.3 Å². The number of methoxy groups -OCH3 is 1. The van der Waals surface area contributed by atoms with Crippen LogP contribution in [0.5, 0.6) is 5.75 Å². The number of benzene rings is 2. The van der Waals surface area contributed by atoms with Gasteiger partial charge >= 0.3 is 6.18 Å². The van der Waals surface area contributed by atoms with Crippen molar-refractivity contribution in [1.29, 1.82) is 0 Å². The molecule has 2 N–H and O–H groups in total. The highest BCUT2D eigenvalue weighted by molar-refractivity contribution is 5.92. The predicted molar refractivity (Wildman–Crippen MR) is 116 cm³/mol. The zero-order valence-corrected chi connectivity index (χ0v) is 17.7. The second-order valence-corrected chi connectivity index (χ2v) is 7.32. The Hall–Kier alpha value is -4.08. The molecule has 0 aliphatic rings. The number of amides is 1. The molecule has 0 saturated heterocycles. The molecule has 0 aliphatic heterocycles. The van der Waals surface area contributed by atoms with Crippen LogP contribution in [0.25, 0.3) is 16.8 Å². The summed E-state index contributed by atoms with van der Waals surface area (Å²) >= 11 is 0. The molecule has 0 atom stereocenters. The Kier molecular flexibility index (Phi) is 5.67. The van der Waals surface area contributed by atoms with E-state index in [9.17, 15) is 22.8 Å². The molecule has 2 heterocycles. The van der Waals surface area contributed by atoms with Crippen LogP contribution in [0.4, 0.5) is 18.9 Å². The summed E-state index contributed by atoms with van der Waals surface area (Å²) in [6.07, 6.45) is -5.11. The summed E-state index contributed by atoms with van der Waals surface area (Å²) in [5.41, 5.74) is -1.37. The zero-order chi connectivity index (χ0) is 23.8. The maximum absolute atomic E-state index is 13.8. The van der Waals surface area contributed by atoms with Crippen LogP contribution < -0.4 is 15.6 Å². The van der Waals surface area contributed by atoms with E-state index in [0.717, 1.165) is 4.52 Å². The first-order valence-electron chi connectivity index (χ1n) is 9.89. The van der Waals surface area contributed by atoms with Crippen LogP contribution in [-0.2, 0) is 17.4 Å². The maximum Gasteiger partial charge on any atom is 0.433 e. The summed E-state index contributed by atoms with van der Waals surface area (Å²) in [4.78, 5) is 29.9. The van der Waals surface area contributed by atoms with E-state index in [0.29, 0.717) is 11.4 Å². The van der Waals surface area contributed by atoms with Crippen molar-refractivity contribution >= 4 is 17.2 Å². The first-order valence-corrected chi connectivity index (χ1v) is 9.89. The summed E-state index contributed by atoms with van der Waals surface area (Å²) in [5.74, 6) is 0.0164. The lowest BCUT2D eigenvalue weighted by atomic mass is 10.1. The standard InChI is InChI=1S/C23H19F3N4O3/c1-13-17(12-18(31)28-15-9-6-10-16(11-15)33-2)22(32)30-21(27-13)19(14-7-4-3-5-8-14)20(29-30)23(24,25)26/h3-11,29H,12H2,1-2H3,(H,28,31). The van der Waals surface area contributed by atoms with E-state index in [-0.39, 0.29) is 34.5 Å². The van der Waals surface area contributed by atoms with E-state index in [1.54, 1.807) is 42.5 Å². The molecule has 0 radical (unpaired) electrons. The molecule has 0 fully saturated rings. The lowest BCUT2D eigenvalue weighted by Crippen LogP contribution is -2.26. The van der Waals surface area contributed by atoms with Gasteiger partial charge in [-0.05, 0) is 24.6 Å². The number of alkyl halides is 3. The summed E-state index contributed by atoms with van der Waals surface area (Å²) in [6, 6.07) is 14.5. The van der Waals surface area contributed by atoms with E-state index in [1.165, 1.54) is 26.2 Å². The molecule has 33 heavy (non-hydrogen) atoms. The number of H-pyrrole nitrogens is 1. The highest BCUT2D eigenvalue weighted by Gasteiger charge is 2.38. The number of ether oxygens (including phenoxy) is 1. The Labute approximate surface area is 185 Å². The topological polar surface area (TPSA) is 88.5 Å². The van der Waals surface area contributed by atoms with Gasteiger partial charge in [-0.1, -0.05) is 36.4 Å². The number of nitrogens with zero attached hydrogens (tertiary/aromatic N) is 2. The summed E-state index contributed by atoms with van der Waals surface area (Å²) in [7, 11) is 1.49. The molecule has 4 rings (SSSR count). The smallest absolute Gasteiger partial charge is 0.433 e. The zero-order valence-electron chi connectivity index (χ0n) is 17.7. The molecule has 0 bridgehead atoms. The molecule has 10 heteroatoms. The summed E-state index contributed by atoms with van der Waals surface area (Å²) in [5, 5.41) is 4.79. The number of hydrogen-bond donors (Lipinski definition) is 2. The Bertz CT molecular complexity index is 1390. The van der Waals surface area contributed by atoms with Gasteiger partial charge in [-0.15, -0.1) is 0 Å². The van der Waals surface area contributed by atoms with Gasteiger partial charge in [0.05, 0.1) is 19.1 Å². The van der Waals surface area contributed by atoms with Crippen molar-refractivity contribution in [2.45, 2.75) is 19.5 Å². The third kappa shape index (κ3) is 4.32. The number of rotatable bonds is 5. The van der Waals surface area contributed by atoms with Crippen molar-refractivity contribution in [3.05, 3.63) is 81.9 Å². The molecule has 0 aliphatic carbocycles. The minimum atomic E-state index is -4.75. The lowest BCUT2D eigenvalue weighted by Gasteiger charge is -2.09. The lowest BCUT2D eigenvalue weighted by molar-refractivity contribution is -0.140. The van der Waals surface area contributed by atoms with E-state index in [4.69, 9.17) is 4.74 Å². The monoisotopic (exact) mass is 456 g/mol. The van der Waals surface area contributed by atoms with Crippen LogP contribution in [0.1, 0.15) is 17.0 Å². The summed E-state index contributed by atoms with van der Waals surface area (Å²) in [6.45, 7) is 1.49. The Morgan fingerprint density at radius 1 is 1.15 bits per heavy atom. The number of nitrogens with one attached hydrogen (secondary N) is 2. The second kappa shape index (κ2) is 8.45. The van der Waals surface area contributed by atoms with Gasteiger partial charge in [0.2, 0.25) is 5.91 Å². The van der Waals surface area contributed by atoms with Crippen LogP contribution in [0, 0.1) is 6.92 Å². The molecule has 7 nitrogen and oxygen atoms in total. The largest absolute Gasteiger partial charge is 0.497 e. The molecule has 170 valence electrons. The van der Waals surface area contributed by atoms with Crippen LogP contribution in [0.2, 0.25) is 0 Å². The van der Waals surface area contributed by atoms with Crippen molar-refractivity contribution in [3.63, 3.8) is 0 Å². The van der Waals surface area contributed by atoms with Gasteiger partial charge in [0, 0.05) is 23.0 Å². The fourth-order valence-electron chi connectivity index (χ4n) is 3.57. The first-order chi connectivity index (χ1) is 15.7. The molecule has 4 aromatic rings. The fraction of sp³-hybridized carbons (Fsp3) is 0.174. The maximum atomic E-state index is 13.8. The number of aromatic nitrogens is 3. The van der Waals surface area contributed by atoms with Crippen molar-refractivity contribution in [2.24, 2.45) is 0 Å². The Morgan fingerprint density at radius 3 is 2.55 bits per heavy atom. The van der Waals surface area contributed by atoms with Gasteiger partial charge in [-0.2, -0.15) is 13.2 Å². The molecule has 0 unspecified atom stereocenters. The highest BCUT2D eigenvalue weighted by Crippen LogP contribution is 2.38. The fourth-order valence-corrected chi connectivity index (χ4v) is 3.57. The first kappa shape index (κ1) is 22.1. The Balaban J connectivity index is 1.77. The van der Waals surface area contributed by atoms with Crippen molar-refractivity contribution in [1.82, 2.24) is 14.6 Å². The molecular formula is C23H19F3N4O3. The average molecular weight is 456 g/mol. The average Bonchev–Trinajstić information content (AvgIpc) is 3.17. The number of carbonyl (C=O) groups is 1. The quantitative estimate of drug-likeness (QED) is 0.471. The van der Waals surface area contributed by atoms with Crippen LogP contribution in [0.15, 0.2) is 59.4 Å². The molecule has 0 spiro atoms. The molecule has 2 aromatic heterocycles. The number of fused-ring (bicyclic) bond motifs is 1. The van der Waals surface area contributed by atoms with Crippen molar-refractivity contribution < 1.29 is 22.7 Å². The van der Waals surface area contributed by atoms with Gasteiger partial charge in [-0.3, -0.25) is 14.7 Å². The number of carbonyl (C=O) groups excluding carboxylic acids is 1. The van der Waals surface area contributed by atoms with E-state index in [1.807, 2.05) is 0 Å². The normalized spacial score (nSPS) is 11.5. The highest BCUT2D eigenvalue weighted by atomic mass is 19.4. The van der Waals surface area contributed by atoms with E-state index >= 15 is 0 Å². The van der Waals surface area contributed by atoms with Crippen molar-refractivity contribution in [2.75, 3.05) is 12.4 Å². The van der Waals surface area contributed by atoms with Crippen LogP contribution >= 0.6 is 0 Å². The number of halogens is 3. The van der Waals surface area contributed by atoms with Gasteiger partial charge in [0.25, 0.3) is 5.56 Å². The molecule has 2 aromatic carbocycles. The van der Waals surface area contributed by atoms with Crippen molar-refractivity contribution in [3.8, 4) is 16.9 Å². The van der Waals surface area contributed by atoms with Crippen LogP contribution in [0.3, 0.4) is 0 Å². The number of anilines is 1. The molecular weight excluding hydrogens is 437 g/mol. The number of aryl methyl sites for hydroxylation is 1.